The third-order valence-electron chi connectivity index (χ3n) is 3.96. The van der Waals surface area contributed by atoms with E-state index >= 15 is 0 Å². The van der Waals surface area contributed by atoms with E-state index < -0.39 is 5.91 Å². The molecule has 0 aromatic heterocycles. The van der Waals surface area contributed by atoms with E-state index in [1.807, 2.05) is 13.8 Å². The van der Waals surface area contributed by atoms with Gasteiger partial charge >= 0.3 is 0 Å². The number of likely N-dealkylation sites (N-methyl/N-ethyl adjacent to an activating group) is 3. The van der Waals surface area contributed by atoms with Crippen LogP contribution in [-0.2, 0) is 14.4 Å². The van der Waals surface area contributed by atoms with Crippen LogP contribution in [0.2, 0.25) is 10.0 Å². The molecule has 1 rings (SSSR count). The summed E-state index contributed by atoms with van der Waals surface area (Å²) in [5.74, 6) is -0.725. The fraction of sp³-hybridized carbons (Fsp3) is 0.500. The molecule has 7 nitrogen and oxygen atoms in total. The van der Waals surface area contributed by atoms with Crippen molar-refractivity contribution < 1.29 is 14.4 Å². The van der Waals surface area contributed by atoms with Gasteiger partial charge in [-0.15, -0.1) is 0 Å². The van der Waals surface area contributed by atoms with Crippen LogP contribution in [0.1, 0.15) is 13.8 Å². The molecule has 0 fully saturated rings. The molecule has 9 heteroatoms. The molecule has 1 N–H and O–H groups in total. The number of para-hydroxylation sites is 1. The molecule has 0 radical (unpaired) electrons. The molecule has 0 saturated heterocycles. The zero-order chi connectivity index (χ0) is 20.6. The Kier molecular flexibility index (Phi) is 9.55. The van der Waals surface area contributed by atoms with E-state index in [2.05, 4.69) is 5.32 Å². The normalized spacial score (nSPS) is 10.6. The van der Waals surface area contributed by atoms with Crippen molar-refractivity contribution in [1.82, 2.24) is 14.7 Å². The third-order valence-corrected chi connectivity index (χ3v) is 4.59. The first-order chi connectivity index (χ1) is 12.7. The maximum absolute atomic E-state index is 12.3. The summed E-state index contributed by atoms with van der Waals surface area (Å²) < 4.78 is 0. The minimum atomic E-state index is -0.414. The standard InChI is InChI=1S/C18H26Cl2N4O3/c1-5-24(6-2)17(27)12-22(3)11-16(26)23(4)10-15(25)21-18-13(19)8-7-9-14(18)20/h7-9H,5-6,10-12H2,1-4H3,(H,21,25). The lowest BCUT2D eigenvalue weighted by molar-refractivity contribution is -0.136. The lowest BCUT2D eigenvalue weighted by atomic mass is 10.3. The van der Waals surface area contributed by atoms with Crippen LogP contribution in [0, 0.1) is 0 Å². The molecule has 0 bridgehead atoms. The number of rotatable bonds is 9. The summed E-state index contributed by atoms with van der Waals surface area (Å²) in [6.07, 6.45) is 0. The third kappa shape index (κ3) is 7.36. The van der Waals surface area contributed by atoms with Crippen LogP contribution >= 0.6 is 23.2 Å². The molecule has 150 valence electrons. The van der Waals surface area contributed by atoms with Crippen molar-refractivity contribution in [3.63, 3.8) is 0 Å². The van der Waals surface area contributed by atoms with E-state index in [9.17, 15) is 14.4 Å². The molecule has 0 aliphatic carbocycles. The summed E-state index contributed by atoms with van der Waals surface area (Å²) in [4.78, 5) is 41.2. The maximum atomic E-state index is 12.3. The number of carbonyl (C=O) groups excluding carboxylic acids is 3. The van der Waals surface area contributed by atoms with Crippen LogP contribution in [0.5, 0.6) is 0 Å². The highest BCUT2D eigenvalue weighted by atomic mass is 35.5. The van der Waals surface area contributed by atoms with E-state index in [4.69, 9.17) is 23.2 Å². The summed E-state index contributed by atoms with van der Waals surface area (Å²) in [5.41, 5.74) is 0.314. The number of carbonyl (C=O) groups is 3. The topological polar surface area (TPSA) is 73.0 Å². The van der Waals surface area contributed by atoms with Crippen molar-refractivity contribution in [3.8, 4) is 0 Å². The Morgan fingerprint density at radius 2 is 1.44 bits per heavy atom. The van der Waals surface area contributed by atoms with Crippen LogP contribution in [0.3, 0.4) is 0 Å². The van der Waals surface area contributed by atoms with Gasteiger partial charge in [0.2, 0.25) is 17.7 Å². The molecule has 1 aromatic carbocycles. The van der Waals surface area contributed by atoms with Gasteiger partial charge in [-0.25, -0.2) is 0 Å². The van der Waals surface area contributed by atoms with E-state index in [0.717, 1.165) is 0 Å². The van der Waals surface area contributed by atoms with Gasteiger partial charge in [-0.3, -0.25) is 19.3 Å². The first kappa shape index (κ1) is 23.2. The molecular formula is C18H26Cl2N4O3. The molecule has 3 amide bonds. The number of hydrogen-bond donors (Lipinski definition) is 1. The largest absolute Gasteiger partial charge is 0.342 e. The predicted molar refractivity (Wildman–Crippen MR) is 108 cm³/mol. The number of nitrogens with one attached hydrogen (secondary N) is 1. The van der Waals surface area contributed by atoms with E-state index in [1.165, 1.54) is 11.9 Å². The van der Waals surface area contributed by atoms with Gasteiger partial charge < -0.3 is 15.1 Å². The molecule has 0 saturated carbocycles. The highest BCUT2D eigenvalue weighted by Gasteiger charge is 2.19. The maximum Gasteiger partial charge on any atom is 0.244 e. The quantitative estimate of drug-likeness (QED) is 0.669. The average molecular weight is 417 g/mol. The number of nitrogens with zero attached hydrogens (tertiary/aromatic N) is 3. The summed E-state index contributed by atoms with van der Waals surface area (Å²) in [6.45, 7) is 5.09. The monoisotopic (exact) mass is 416 g/mol. The van der Waals surface area contributed by atoms with Crippen molar-refractivity contribution in [2.75, 3.05) is 52.1 Å². The predicted octanol–water partition coefficient (Wildman–Crippen LogP) is 2.19. The Balaban J connectivity index is 2.54. The van der Waals surface area contributed by atoms with Gasteiger partial charge in [0.05, 0.1) is 35.4 Å². The van der Waals surface area contributed by atoms with Crippen molar-refractivity contribution >= 4 is 46.6 Å². The van der Waals surface area contributed by atoms with Crippen LogP contribution in [0.4, 0.5) is 5.69 Å². The van der Waals surface area contributed by atoms with Gasteiger partial charge in [0.25, 0.3) is 0 Å². The Morgan fingerprint density at radius 3 is 1.96 bits per heavy atom. The Hall–Kier alpha value is -1.83. The Morgan fingerprint density at radius 1 is 0.926 bits per heavy atom. The number of anilines is 1. The molecule has 0 aliphatic rings. The highest BCUT2D eigenvalue weighted by molar-refractivity contribution is 6.39. The molecule has 1 aromatic rings. The molecule has 0 heterocycles. The Labute approximate surface area is 170 Å². The van der Waals surface area contributed by atoms with E-state index in [-0.39, 0.29) is 31.4 Å². The fourth-order valence-corrected chi connectivity index (χ4v) is 2.91. The van der Waals surface area contributed by atoms with Crippen molar-refractivity contribution in [3.05, 3.63) is 28.2 Å². The number of halogens is 2. The smallest absolute Gasteiger partial charge is 0.244 e. The van der Waals surface area contributed by atoms with Crippen LogP contribution in [-0.4, -0.2) is 79.2 Å². The highest BCUT2D eigenvalue weighted by Crippen LogP contribution is 2.29. The van der Waals surface area contributed by atoms with E-state index in [1.54, 1.807) is 35.0 Å². The molecule has 0 atom stereocenters. The number of amides is 3. The van der Waals surface area contributed by atoms with Gasteiger partial charge in [0.1, 0.15) is 0 Å². The second-order valence-corrected chi connectivity index (χ2v) is 6.95. The number of benzene rings is 1. The van der Waals surface area contributed by atoms with Crippen LogP contribution < -0.4 is 5.32 Å². The van der Waals surface area contributed by atoms with Crippen LogP contribution in [0.25, 0.3) is 0 Å². The lowest BCUT2D eigenvalue weighted by Crippen LogP contribution is -2.44. The second kappa shape index (κ2) is 11.1. The fourth-order valence-electron chi connectivity index (χ4n) is 2.41. The summed E-state index contributed by atoms with van der Waals surface area (Å²) in [7, 11) is 3.22. The van der Waals surface area contributed by atoms with Gasteiger partial charge in [-0.1, -0.05) is 29.3 Å². The molecule has 0 aliphatic heterocycles. The minimum Gasteiger partial charge on any atom is -0.342 e. The number of hydrogen-bond acceptors (Lipinski definition) is 4. The van der Waals surface area contributed by atoms with E-state index in [0.29, 0.717) is 28.8 Å². The molecule has 0 unspecified atom stereocenters. The van der Waals surface area contributed by atoms with Gasteiger partial charge in [0, 0.05) is 20.1 Å². The van der Waals surface area contributed by atoms with Crippen LogP contribution in [0.15, 0.2) is 18.2 Å². The van der Waals surface area contributed by atoms with Crippen molar-refractivity contribution in [2.24, 2.45) is 0 Å². The van der Waals surface area contributed by atoms with Gasteiger partial charge in [-0.05, 0) is 33.0 Å². The van der Waals surface area contributed by atoms with Crippen molar-refractivity contribution in [2.45, 2.75) is 13.8 Å². The summed E-state index contributed by atoms with van der Waals surface area (Å²) in [5, 5.41) is 3.25. The minimum absolute atomic E-state index is 0.0314. The summed E-state index contributed by atoms with van der Waals surface area (Å²) in [6, 6.07) is 4.89. The van der Waals surface area contributed by atoms with Gasteiger partial charge in [-0.2, -0.15) is 0 Å². The second-order valence-electron chi connectivity index (χ2n) is 6.13. The zero-order valence-corrected chi connectivity index (χ0v) is 17.6. The Bertz CT molecular complexity index is 660. The first-order valence-electron chi connectivity index (χ1n) is 8.63. The SMILES string of the molecule is CCN(CC)C(=O)CN(C)CC(=O)N(C)CC(=O)Nc1c(Cl)cccc1Cl. The van der Waals surface area contributed by atoms with Crippen molar-refractivity contribution in [1.29, 1.82) is 0 Å². The molecule has 0 spiro atoms. The summed E-state index contributed by atoms with van der Waals surface area (Å²) >= 11 is 12.0. The molecule has 27 heavy (non-hydrogen) atoms. The first-order valence-corrected chi connectivity index (χ1v) is 9.39. The lowest BCUT2D eigenvalue weighted by Gasteiger charge is -2.24. The average Bonchev–Trinajstić information content (AvgIpc) is 2.59. The molecular weight excluding hydrogens is 391 g/mol. The zero-order valence-electron chi connectivity index (χ0n) is 16.1. The van der Waals surface area contributed by atoms with Gasteiger partial charge in [0.15, 0.2) is 0 Å².